The van der Waals surface area contributed by atoms with Crippen LogP contribution in [0.15, 0.2) is 0 Å². The molecule has 0 bridgehead atoms. The fourth-order valence-electron chi connectivity index (χ4n) is 4.02. The molecule has 0 aromatic carbocycles. The van der Waals surface area contributed by atoms with Crippen molar-refractivity contribution in [2.75, 3.05) is 24.7 Å². The second-order valence-electron chi connectivity index (χ2n) is 10.4. The molecule has 0 unspecified atom stereocenters. The lowest BCUT2D eigenvalue weighted by atomic mass is 10.1. The Morgan fingerprint density at radius 2 is 0.738 bits per heavy atom. The largest absolute Gasteiger partial charge is 0.465 e. The molecule has 2 amide bonds. The topological polar surface area (TPSA) is 111 Å². The zero-order valence-electron chi connectivity index (χ0n) is 26.1. The number of esters is 2. The van der Waals surface area contributed by atoms with E-state index in [1.54, 1.807) is 0 Å². The summed E-state index contributed by atoms with van der Waals surface area (Å²) in [5, 5.41) is 0. The van der Waals surface area contributed by atoms with Crippen LogP contribution in [0.1, 0.15) is 142 Å². The lowest BCUT2D eigenvalue weighted by Gasteiger charge is -2.06. The van der Waals surface area contributed by atoms with Gasteiger partial charge in [-0.15, -0.1) is 0 Å². The van der Waals surface area contributed by atoms with E-state index in [0.717, 1.165) is 69.2 Å². The average Bonchev–Trinajstić information content (AvgIpc) is 2.98. The van der Waals surface area contributed by atoms with Crippen molar-refractivity contribution in [3.8, 4) is 0 Å². The maximum absolute atomic E-state index is 11.8. The van der Waals surface area contributed by atoms with Crippen molar-refractivity contribution in [3.63, 3.8) is 0 Å². The molecule has 0 aromatic rings. The van der Waals surface area contributed by atoms with E-state index in [-0.39, 0.29) is 23.4 Å². The summed E-state index contributed by atoms with van der Waals surface area (Å²) in [5.74, 6) is -2.18. The SMILES string of the molecule is CCCCCCCCCCCCOC(=O)CSSNC(=O)C(=O)NSSCC(=O)OCCCCCCCCCCCC. The second kappa shape index (κ2) is 33.2. The van der Waals surface area contributed by atoms with Gasteiger partial charge in [-0.25, -0.2) is 0 Å². The Kier molecular flexibility index (Phi) is 32.6. The minimum atomic E-state index is -0.831. The summed E-state index contributed by atoms with van der Waals surface area (Å²) in [4.78, 5) is 47.3. The molecule has 0 rings (SSSR count). The molecule has 8 nitrogen and oxygen atoms in total. The molecule has 0 heterocycles. The number of nitrogens with one attached hydrogen (secondary N) is 2. The molecule has 2 N–H and O–H groups in total. The van der Waals surface area contributed by atoms with E-state index in [0.29, 0.717) is 13.2 Å². The van der Waals surface area contributed by atoms with Crippen molar-refractivity contribution in [1.29, 1.82) is 0 Å². The maximum atomic E-state index is 11.8. The lowest BCUT2D eigenvalue weighted by molar-refractivity contribution is -0.141. The molecule has 0 saturated carbocycles. The van der Waals surface area contributed by atoms with Gasteiger partial charge < -0.3 is 9.47 Å². The molecule has 0 spiro atoms. The predicted molar refractivity (Wildman–Crippen MR) is 182 cm³/mol. The number of hydrogen-bond donors (Lipinski definition) is 2. The highest BCUT2D eigenvalue weighted by Gasteiger charge is 2.15. The van der Waals surface area contributed by atoms with Crippen LogP contribution in [-0.2, 0) is 28.7 Å². The van der Waals surface area contributed by atoms with Crippen molar-refractivity contribution in [2.24, 2.45) is 0 Å². The number of carbonyl (C=O) groups excluding carboxylic acids is 4. The summed E-state index contributed by atoms with van der Waals surface area (Å²) >= 11 is 0. The number of ether oxygens (including phenoxy) is 2. The number of hydrogen-bond acceptors (Lipinski definition) is 10. The number of rotatable bonds is 30. The van der Waals surface area contributed by atoms with Gasteiger partial charge in [0, 0.05) is 22.0 Å². The first-order valence-corrected chi connectivity index (χ1v) is 20.6. The molecule has 0 radical (unpaired) electrons. The van der Waals surface area contributed by atoms with Crippen molar-refractivity contribution in [1.82, 2.24) is 9.44 Å². The fraction of sp³-hybridized carbons (Fsp3) is 0.867. The van der Waals surface area contributed by atoms with Gasteiger partial charge in [-0.2, -0.15) is 0 Å². The molecule has 246 valence electrons. The van der Waals surface area contributed by atoms with Crippen LogP contribution in [0.4, 0.5) is 0 Å². The van der Waals surface area contributed by atoms with Crippen LogP contribution in [-0.4, -0.2) is 48.5 Å². The standard InChI is InChI=1S/C30H56N2O6S4/c1-3-5-7-9-11-13-15-17-19-21-23-37-27(33)25-39-41-31-29(35)30(36)32-42-40-26-28(34)38-24-22-20-18-16-14-12-10-8-6-4-2/h3-26H2,1-2H3,(H,31,35)(H,32,36). The molecular weight excluding hydrogens is 613 g/mol. The van der Waals surface area contributed by atoms with E-state index in [1.165, 1.54) is 103 Å². The summed E-state index contributed by atoms with van der Waals surface area (Å²) in [7, 11) is 4.01. The van der Waals surface area contributed by atoms with Gasteiger partial charge in [-0.05, 0) is 12.8 Å². The van der Waals surface area contributed by atoms with E-state index in [9.17, 15) is 19.2 Å². The van der Waals surface area contributed by atoms with Crippen LogP contribution in [0.3, 0.4) is 0 Å². The van der Waals surface area contributed by atoms with E-state index < -0.39 is 11.8 Å². The van der Waals surface area contributed by atoms with Crippen molar-refractivity contribution in [3.05, 3.63) is 0 Å². The van der Waals surface area contributed by atoms with Gasteiger partial charge in [-0.1, -0.05) is 151 Å². The lowest BCUT2D eigenvalue weighted by Crippen LogP contribution is -2.33. The molecule has 0 aliphatic carbocycles. The molecule has 0 atom stereocenters. The van der Waals surface area contributed by atoms with Gasteiger partial charge in [0.2, 0.25) is 0 Å². The van der Waals surface area contributed by atoms with E-state index in [1.807, 2.05) is 0 Å². The quantitative estimate of drug-likeness (QED) is 0.0253. The van der Waals surface area contributed by atoms with Gasteiger partial charge in [0.1, 0.15) is 11.5 Å². The Morgan fingerprint density at radius 3 is 1.05 bits per heavy atom. The van der Waals surface area contributed by atoms with Gasteiger partial charge in [0.05, 0.1) is 13.2 Å². The van der Waals surface area contributed by atoms with Crippen molar-refractivity contribution < 1.29 is 28.7 Å². The number of unbranched alkanes of at least 4 members (excludes halogenated alkanes) is 18. The smallest absolute Gasteiger partial charge is 0.320 e. The predicted octanol–water partition coefficient (Wildman–Crippen LogP) is 8.74. The third kappa shape index (κ3) is 30.7. The Bertz CT molecular complexity index is 632. The first-order valence-electron chi connectivity index (χ1n) is 16.0. The van der Waals surface area contributed by atoms with E-state index in [2.05, 4.69) is 23.3 Å². The highest BCUT2D eigenvalue weighted by Crippen LogP contribution is 2.19. The maximum Gasteiger partial charge on any atom is 0.320 e. The molecule has 0 fully saturated rings. The average molecular weight is 669 g/mol. The summed E-state index contributed by atoms with van der Waals surface area (Å²) in [6, 6.07) is 0. The van der Waals surface area contributed by atoms with Crippen LogP contribution in [0.2, 0.25) is 0 Å². The fourth-order valence-corrected chi connectivity index (χ4v) is 6.69. The van der Waals surface area contributed by atoms with Gasteiger partial charge >= 0.3 is 23.8 Å². The van der Waals surface area contributed by atoms with Crippen LogP contribution < -0.4 is 9.44 Å². The number of carbonyl (C=O) groups is 4. The van der Waals surface area contributed by atoms with Crippen LogP contribution in [0.5, 0.6) is 0 Å². The Morgan fingerprint density at radius 1 is 0.452 bits per heavy atom. The highest BCUT2D eigenvalue weighted by atomic mass is 33.1. The van der Waals surface area contributed by atoms with Crippen LogP contribution in [0, 0.1) is 0 Å². The minimum absolute atomic E-state index is 0.0795. The molecule has 0 aliphatic heterocycles. The Balaban J connectivity index is 3.50. The third-order valence-electron chi connectivity index (χ3n) is 6.47. The molecule has 12 heteroatoms. The molecule has 42 heavy (non-hydrogen) atoms. The Labute approximate surface area is 271 Å². The molecular formula is C30H56N2O6S4. The van der Waals surface area contributed by atoms with Gasteiger partial charge in [0.25, 0.3) is 0 Å². The molecule has 0 aliphatic rings. The normalized spacial score (nSPS) is 10.8. The first kappa shape index (κ1) is 41.3. The molecule has 0 saturated heterocycles. The summed E-state index contributed by atoms with van der Waals surface area (Å²) in [6.07, 6.45) is 24.5. The van der Waals surface area contributed by atoms with Crippen molar-refractivity contribution >= 4 is 67.3 Å². The Hall–Kier alpha value is -0.720. The first-order chi connectivity index (χ1) is 20.5. The zero-order chi connectivity index (χ0) is 30.9. The van der Waals surface area contributed by atoms with Crippen LogP contribution in [0.25, 0.3) is 0 Å². The summed E-state index contributed by atoms with van der Waals surface area (Å²) < 4.78 is 15.2. The van der Waals surface area contributed by atoms with Gasteiger partial charge in [0.15, 0.2) is 0 Å². The summed E-state index contributed by atoms with van der Waals surface area (Å²) in [5.41, 5.74) is 0. The third-order valence-corrected chi connectivity index (χ3v) is 9.86. The summed E-state index contributed by atoms with van der Waals surface area (Å²) in [6.45, 7) is 5.29. The molecule has 0 aromatic heterocycles. The zero-order valence-corrected chi connectivity index (χ0v) is 29.3. The minimum Gasteiger partial charge on any atom is -0.465 e. The van der Waals surface area contributed by atoms with E-state index >= 15 is 0 Å². The van der Waals surface area contributed by atoms with Crippen LogP contribution >= 0.6 is 43.5 Å². The number of amides is 2. The van der Waals surface area contributed by atoms with Crippen molar-refractivity contribution in [2.45, 2.75) is 142 Å². The van der Waals surface area contributed by atoms with Gasteiger partial charge in [-0.3, -0.25) is 28.6 Å². The monoisotopic (exact) mass is 668 g/mol. The highest BCUT2D eigenvalue weighted by molar-refractivity contribution is 8.76. The van der Waals surface area contributed by atoms with E-state index in [4.69, 9.17) is 9.47 Å². The second-order valence-corrected chi connectivity index (χ2v) is 14.6.